The van der Waals surface area contributed by atoms with Crippen molar-refractivity contribution in [1.29, 1.82) is 0 Å². The predicted molar refractivity (Wildman–Crippen MR) is 103 cm³/mol. The summed E-state index contributed by atoms with van der Waals surface area (Å²) in [6, 6.07) is 8.11. The number of nitrogens with one attached hydrogen (secondary N) is 1. The Hall–Kier alpha value is -1.96. The highest BCUT2D eigenvalue weighted by Crippen LogP contribution is 2.36. The van der Waals surface area contributed by atoms with Crippen LogP contribution in [-0.4, -0.2) is 32.2 Å². The molecular weight excluding hydrogens is 416 g/mol. The molecule has 1 fully saturated rings. The van der Waals surface area contributed by atoms with Crippen molar-refractivity contribution < 1.29 is 22.7 Å². The van der Waals surface area contributed by atoms with E-state index in [4.69, 9.17) is 27.9 Å². The first kappa shape index (κ1) is 20.8. The topological polar surface area (TPSA) is 41.6 Å². The first-order chi connectivity index (χ1) is 13.2. The van der Waals surface area contributed by atoms with Crippen LogP contribution in [0.2, 0.25) is 10.0 Å². The number of morpholine rings is 1. The van der Waals surface area contributed by atoms with E-state index in [1.807, 2.05) is 4.90 Å². The monoisotopic (exact) mass is 432 g/mol. The van der Waals surface area contributed by atoms with Crippen molar-refractivity contribution in [3.8, 4) is 0 Å². The lowest BCUT2D eigenvalue weighted by atomic mass is 10.1. The maximum atomic E-state index is 13.1. The van der Waals surface area contributed by atoms with Crippen LogP contribution in [0.1, 0.15) is 11.1 Å². The number of carbonyl (C=O) groups excluding carboxylic acids is 1. The molecule has 0 bridgehead atoms. The Morgan fingerprint density at radius 1 is 1.07 bits per heavy atom. The van der Waals surface area contributed by atoms with E-state index >= 15 is 0 Å². The fourth-order valence-electron chi connectivity index (χ4n) is 2.92. The van der Waals surface area contributed by atoms with Crippen LogP contribution in [0.25, 0.3) is 0 Å². The van der Waals surface area contributed by atoms with Crippen molar-refractivity contribution in [2.45, 2.75) is 12.6 Å². The molecule has 1 N–H and O–H groups in total. The van der Waals surface area contributed by atoms with Crippen LogP contribution in [0, 0.1) is 0 Å². The molecule has 1 aliphatic heterocycles. The fourth-order valence-corrected chi connectivity index (χ4v) is 3.24. The fraction of sp³-hybridized carbons (Fsp3) is 0.316. The number of rotatable bonds is 4. The lowest BCUT2D eigenvalue weighted by Crippen LogP contribution is -2.37. The van der Waals surface area contributed by atoms with Crippen molar-refractivity contribution in [2.24, 2.45) is 0 Å². The van der Waals surface area contributed by atoms with E-state index in [9.17, 15) is 18.0 Å². The van der Waals surface area contributed by atoms with E-state index in [0.29, 0.717) is 47.6 Å². The molecule has 150 valence electrons. The molecule has 2 aromatic rings. The third kappa shape index (κ3) is 5.10. The number of ether oxygens (including phenoxy) is 1. The third-order valence-electron chi connectivity index (χ3n) is 4.30. The Bertz CT molecular complexity index is 869. The molecule has 0 unspecified atom stereocenters. The van der Waals surface area contributed by atoms with Crippen molar-refractivity contribution >= 4 is 40.5 Å². The van der Waals surface area contributed by atoms with E-state index in [0.717, 1.165) is 12.1 Å². The number of hydrogen-bond donors (Lipinski definition) is 1. The van der Waals surface area contributed by atoms with E-state index in [-0.39, 0.29) is 12.1 Å². The zero-order chi connectivity index (χ0) is 20.3. The minimum absolute atomic E-state index is 0.0459. The largest absolute Gasteiger partial charge is 0.416 e. The smallest absolute Gasteiger partial charge is 0.378 e. The molecule has 0 atom stereocenters. The van der Waals surface area contributed by atoms with E-state index < -0.39 is 17.6 Å². The van der Waals surface area contributed by atoms with Crippen LogP contribution in [0.15, 0.2) is 36.4 Å². The highest BCUT2D eigenvalue weighted by molar-refractivity contribution is 6.42. The second-order valence-electron chi connectivity index (χ2n) is 6.30. The molecule has 1 heterocycles. The summed E-state index contributed by atoms with van der Waals surface area (Å²) in [7, 11) is 0. The average molecular weight is 433 g/mol. The summed E-state index contributed by atoms with van der Waals surface area (Å²) in [5, 5.41) is 3.27. The molecule has 3 rings (SSSR count). The summed E-state index contributed by atoms with van der Waals surface area (Å²) in [4.78, 5) is 14.3. The minimum atomic E-state index is -4.51. The van der Waals surface area contributed by atoms with Crippen LogP contribution in [0.3, 0.4) is 0 Å². The summed E-state index contributed by atoms with van der Waals surface area (Å²) in [6.45, 7) is 2.00. The highest BCUT2D eigenvalue weighted by Gasteiger charge is 2.32. The van der Waals surface area contributed by atoms with Gasteiger partial charge in [-0.15, -0.1) is 0 Å². The molecule has 28 heavy (non-hydrogen) atoms. The number of amides is 1. The van der Waals surface area contributed by atoms with Crippen LogP contribution >= 0.6 is 23.2 Å². The summed E-state index contributed by atoms with van der Waals surface area (Å²) < 4.78 is 44.7. The van der Waals surface area contributed by atoms with Gasteiger partial charge in [0.1, 0.15) is 0 Å². The van der Waals surface area contributed by atoms with Gasteiger partial charge in [0.2, 0.25) is 5.91 Å². The number of benzene rings is 2. The summed E-state index contributed by atoms with van der Waals surface area (Å²) in [5.74, 6) is -0.452. The molecular formula is C19H17Cl2F3N2O2. The van der Waals surface area contributed by atoms with E-state index in [1.165, 1.54) is 6.07 Å². The van der Waals surface area contributed by atoms with Gasteiger partial charge in [-0.25, -0.2) is 0 Å². The Labute approximate surface area is 170 Å². The molecule has 4 nitrogen and oxygen atoms in total. The van der Waals surface area contributed by atoms with Crippen LogP contribution < -0.4 is 10.2 Å². The molecule has 9 heteroatoms. The van der Waals surface area contributed by atoms with Gasteiger partial charge in [-0.1, -0.05) is 29.3 Å². The second-order valence-corrected chi connectivity index (χ2v) is 7.12. The van der Waals surface area contributed by atoms with Crippen molar-refractivity contribution in [1.82, 2.24) is 0 Å². The zero-order valence-corrected chi connectivity index (χ0v) is 16.2. The van der Waals surface area contributed by atoms with Gasteiger partial charge in [0.15, 0.2) is 0 Å². The Balaban J connectivity index is 1.84. The molecule has 1 saturated heterocycles. The number of carbonyl (C=O) groups is 1. The van der Waals surface area contributed by atoms with Gasteiger partial charge in [-0.3, -0.25) is 4.79 Å². The number of alkyl halides is 3. The Morgan fingerprint density at radius 2 is 1.79 bits per heavy atom. The first-order valence-electron chi connectivity index (χ1n) is 8.52. The predicted octanol–water partition coefficient (Wildman–Crippen LogP) is 5.03. The summed E-state index contributed by atoms with van der Waals surface area (Å²) >= 11 is 11.8. The van der Waals surface area contributed by atoms with Gasteiger partial charge in [-0.05, 0) is 35.9 Å². The maximum Gasteiger partial charge on any atom is 0.416 e. The quantitative estimate of drug-likeness (QED) is 0.736. The summed E-state index contributed by atoms with van der Waals surface area (Å²) in [6.07, 6.45) is -4.55. The van der Waals surface area contributed by atoms with E-state index in [1.54, 1.807) is 18.2 Å². The number of halogens is 5. The number of nitrogens with zero attached hydrogens (tertiary/aromatic N) is 1. The van der Waals surface area contributed by atoms with Crippen LogP contribution in [0.4, 0.5) is 24.5 Å². The third-order valence-corrected chi connectivity index (χ3v) is 5.04. The van der Waals surface area contributed by atoms with Crippen LogP contribution in [0.5, 0.6) is 0 Å². The lowest BCUT2D eigenvalue weighted by Gasteiger charge is -2.31. The number of hydrogen-bond acceptors (Lipinski definition) is 3. The second kappa shape index (κ2) is 8.59. The van der Waals surface area contributed by atoms with Gasteiger partial charge in [0.25, 0.3) is 0 Å². The van der Waals surface area contributed by atoms with Gasteiger partial charge in [0.05, 0.1) is 46.6 Å². The standard InChI is InChI=1S/C19H17Cl2F3N2O2/c20-14-3-1-12(9-15(14)21)10-18(27)25-16-11-13(19(22,23)24)2-4-17(16)26-5-7-28-8-6-26/h1-4,9,11H,5-8,10H2,(H,25,27). The SMILES string of the molecule is O=C(Cc1ccc(Cl)c(Cl)c1)Nc1cc(C(F)(F)F)ccc1N1CCOCC1. The molecule has 0 aromatic heterocycles. The first-order valence-corrected chi connectivity index (χ1v) is 9.27. The van der Waals surface area contributed by atoms with Gasteiger partial charge < -0.3 is 15.0 Å². The summed E-state index contributed by atoms with van der Waals surface area (Å²) in [5.41, 5.74) is 0.418. The van der Waals surface area contributed by atoms with Crippen molar-refractivity contribution in [3.05, 3.63) is 57.6 Å². The van der Waals surface area contributed by atoms with E-state index in [2.05, 4.69) is 5.32 Å². The highest BCUT2D eigenvalue weighted by atomic mass is 35.5. The molecule has 0 spiro atoms. The van der Waals surface area contributed by atoms with Gasteiger partial charge in [0, 0.05) is 13.1 Å². The molecule has 1 amide bonds. The van der Waals surface area contributed by atoms with Crippen molar-refractivity contribution in [3.63, 3.8) is 0 Å². The Kier molecular flexibility index (Phi) is 6.37. The van der Waals surface area contributed by atoms with Gasteiger partial charge >= 0.3 is 6.18 Å². The number of anilines is 2. The van der Waals surface area contributed by atoms with Crippen molar-refractivity contribution in [2.75, 3.05) is 36.5 Å². The molecule has 0 aliphatic carbocycles. The van der Waals surface area contributed by atoms with Crippen LogP contribution in [-0.2, 0) is 22.1 Å². The molecule has 2 aromatic carbocycles. The van der Waals surface area contributed by atoms with Gasteiger partial charge in [-0.2, -0.15) is 13.2 Å². The molecule has 0 radical (unpaired) electrons. The maximum absolute atomic E-state index is 13.1. The normalized spacial score (nSPS) is 14.8. The Morgan fingerprint density at radius 3 is 2.43 bits per heavy atom. The minimum Gasteiger partial charge on any atom is -0.378 e. The average Bonchev–Trinajstić information content (AvgIpc) is 2.64. The zero-order valence-electron chi connectivity index (χ0n) is 14.7. The lowest BCUT2D eigenvalue weighted by molar-refractivity contribution is -0.137. The molecule has 0 saturated carbocycles. The molecule has 1 aliphatic rings.